The SMILES string of the molecule is [C-]#[N+]CC1(C)CCC(N2CC(F)C2)CC1. The summed E-state index contributed by atoms with van der Waals surface area (Å²) in [4.78, 5) is 5.79. The first-order valence-electron chi connectivity index (χ1n) is 5.84. The van der Waals surface area contributed by atoms with Gasteiger partial charge in [0.15, 0.2) is 0 Å². The van der Waals surface area contributed by atoms with Gasteiger partial charge in [0.1, 0.15) is 6.17 Å². The van der Waals surface area contributed by atoms with Gasteiger partial charge in [0.05, 0.1) is 0 Å². The minimum Gasteiger partial charge on any atom is -0.316 e. The first-order valence-corrected chi connectivity index (χ1v) is 5.84. The molecule has 0 aromatic carbocycles. The van der Waals surface area contributed by atoms with Crippen LogP contribution in [0, 0.1) is 12.0 Å². The van der Waals surface area contributed by atoms with Gasteiger partial charge in [0, 0.05) is 24.5 Å². The number of alkyl halides is 1. The quantitative estimate of drug-likeness (QED) is 0.635. The molecule has 2 nitrogen and oxygen atoms in total. The Labute approximate surface area is 91.3 Å². The summed E-state index contributed by atoms with van der Waals surface area (Å²) in [5, 5.41) is 0. The predicted molar refractivity (Wildman–Crippen MR) is 58.3 cm³/mol. The Balaban J connectivity index is 1.80. The second kappa shape index (κ2) is 4.09. The van der Waals surface area contributed by atoms with Crippen molar-refractivity contribution in [3.8, 4) is 0 Å². The fourth-order valence-corrected chi connectivity index (χ4v) is 2.77. The van der Waals surface area contributed by atoms with E-state index in [-0.39, 0.29) is 5.41 Å². The van der Waals surface area contributed by atoms with Crippen LogP contribution in [0.2, 0.25) is 0 Å². The largest absolute Gasteiger partial charge is 0.316 e. The third-order valence-corrected chi connectivity index (χ3v) is 4.00. The van der Waals surface area contributed by atoms with Crippen LogP contribution in [0.25, 0.3) is 4.85 Å². The summed E-state index contributed by atoms with van der Waals surface area (Å²) in [6, 6.07) is 0.593. The van der Waals surface area contributed by atoms with Crippen LogP contribution >= 0.6 is 0 Å². The van der Waals surface area contributed by atoms with Gasteiger partial charge in [-0.1, -0.05) is 6.92 Å². The van der Waals surface area contributed by atoms with E-state index in [1.807, 2.05) is 0 Å². The summed E-state index contributed by atoms with van der Waals surface area (Å²) in [5.74, 6) is 0. The molecule has 0 spiro atoms. The van der Waals surface area contributed by atoms with Crippen molar-refractivity contribution in [3.63, 3.8) is 0 Å². The zero-order chi connectivity index (χ0) is 10.9. The summed E-state index contributed by atoms with van der Waals surface area (Å²) in [7, 11) is 0. The molecule has 2 aliphatic rings. The van der Waals surface area contributed by atoms with Crippen LogP contribution in [-0.2, 0) is 0 Å². The van der Waals surface area contributed by atoms with Crippen LogP contribution in [0.4, 0.5) is 4.39 Å². The van der Waals surface area contributed by atoms with Gasteiger partial charge in [0.2, 0.25) is 6.54 Å². The highest BCUT2D eigenvalue weighted by Crippen LogP contribution is 2.39. The molecule has 0 bridgehead atoms. The smallest absolute Gasteiger partial charge is 0.219 e. The second-order valence-electron chi connectivity index (χ2n) is 5.41. The van der Waals surface area contributed by atoms with Crippen molar-refractivity contribution in [2.75, 3.05) is 19.6 Å². The molecule has 0 amide bonds. The lowest BCUT2D eigenvalue weighted by atomic mass is 9.73. The highest BCUT2D eigenvalue weighted by atomic mass is 19.1. The van der Waals surface area contributed by atoms with E-state index in [1.165, 1.54) is 0 Å². The molecule has 1 aliphatic carbocycles. The third-order valence-electron chi connectivity index (χ3n) is 4.00. The summed E-state index contributed by atoms with van der Waals surface area (Å²) >= 11 is 0. The van der Waals surface area contributed by atoms with Crippen LogP contribution < -0.4 is 0 Å². The maximum Gasteiger partial charge on any atom is 0.219 e. The van der Waals surface area contributed by atoms with Crippen molar-refractivity contribution >= 4 is 0 Å². The maximum atomic E-state index is 12.7. The monoisotopic (exact) mass is 210 g/mol. The number of hydrogen-bond donors (Lipinski definition) is 0. The summed E-state index contributed by atoms with van der Waals surface area (Å²) in [6.07, 6.45) is 3.99. The molecule has 2 rings (SSSR count). The standard InChI is InChI=1S/C12H19FN2/c1-12(9-14-2)5-3-11(4-6-12)15-7-10(13)8-15/h10-11H,3-9H2,1H3. The van der Waals surface area contributed by atoms with Crippen molar-refractivity contribution in [2.24, 2.45) is 5.41 Å². The molecule has 0 atom stereocenters. The van der Waals surface area contributed by atoms with Gasteiger partial charge >= 0.3 is 0 Å². The number of halogens is 1. The second-order valence-corrected chi connectivity index (χ2v) is 5.41. The van der Waals surface area contributed by atoms with Crippen LogP contribution in [0.15, 0.2) is 0 Å². The number of hydrogen-bond acceptors (Lipinski definition) is 1. The fourth-order valence-electron chi connectivity index (χ4n) is 2.77. The summed E-state index contributed by atoms with van der Waals surface area (Å²) in [6.45, 7) is 11.1. The number of likely N-dealkylation sites (tertiary alicyclic amines) is 1. The molecule has 15 heavy (non-hydrogen) atoms. The van der Waals surface area contributed by atoms with Gasteiger partial charge in [-0.05, 0) is 25.7 Å². The van der Waals surface area contributed by atoms with Gasteiger partial charge in [-0.3, -0.25) is 4.90 Å². The number of rotatable bonds is 2. The van der Waals surface area contributed by atoms with E-state index in [1.54, 1.807) is 0 Å². The molecule has 2 fully saturated rings. The average Bonchev–Trinajstić information content (AvgIpc) is 2.15. The molecule has 0 aromatic rings. The summed E-state index contributed by atoms with van der Waals surface area (Å²) < 4.78 is 12.7. The van der Waals surface area contributed by atoms with Crippen molar-refractivity contribution in [3.05, 3.63) is 11.4 Å². The van der Waals surface area contributed by atoms with Crippen molar-refractivity contribution in [1.82, 2.24) is 4.90 Å². The lowest BCUT2D eigenvalue weighted by Gasteiger charge is -2.45. The molecular formula is C12H19FN2. The average molecular weight is 210 g/mol. The fraction of sp³-hybridized carbons (Fsp3) is 0.917. The van der Waals surface area contributed by atoms with E-state index in [9.17, 15) is 4.39 Å². The van der Waals surface area contributed by atoms with Crippen LogP contribution in [-0.4, -0.2) is 36.7 Å². The van der Waals surface area contributed by atoms with Gasteiger partial charge in [-0.2, -0.15) is 0 Å². The van der Waals surface area contributed by atoms with Crippen LogP contribution in [0.5, 0.6) is 0 Å². The zero-order valence-corrected chi connectivity index (χ0v) is 9.38. The number of nitrogens with zero attached hydrogens (tertiary/aromatic N) is 2. The molecule has 1 saturated heterocycles. The third kappa shape index (κ3) is 2.31. The van der Waals surface area contributed by atoms with E-state index >= 15 is 0 Å². The minimum absolute atomic E-state index is 0.234. The normalized spacial score (nSPS) is 38.3. The van der Waals surface area contributed by atoms with Gasteiger partial charge < -0.3 is 4.85 Å². The molecule has 1 aliphatic heterocycles. The summed E-state index contributed by atoms with van der Waals surface area (Å²) in [5.41, 5.74) is 0.234. The molecule has 1 heterocycles. The van der Waals surface area contributed by atoms with Gasteiger partial charge in [-0.15, -0.1) is 0 Å². The Morgan fingerprint density at radius 3 is 2.47 bits per heavy atom. The van der Waals surface area contributed by atoms with Crippen LogP contribution in [0.1, 0.15) is 32.6 Å². The van der Waals surface area contributed by atoms with E-state index < -0.39 is 6.17 Å². The topological polar surface area (TPSA) is 7.60 Å². The van der Waals surface area contributed by atoms with Crippen molar-refractivity contribution in [1.29, 1.82) is 0 Å². The minimum atomic E-state index is -0.582. The molecular weight excluding hydrogens is 191 g/mol. The lowest BCUT2D eigenvalue weighted by molar-refractivity contribution is -0.0000462. The predicted octanol–water partition coefficient (Wildman–Crippen LogP) is 2.51. The van der Waals surface area contributed by atoms with Crippen molar-refractivity contribution in [2.45, 2.75) is 44.8 Å². The van der Waals surface area contributed by atoms with Crippen LogP contribution in [0.3, 0.4) is 0 Å². The van der Waals surface area contributed by atoms with E-state index in [0.717, 1.165) is 25.7 Å². The molecule has 0 N–H and O–H groups in total. The lowest BCUT2D eigenvalue weighted by Crippen LogP contribution is -2.54. The zero-order valence-electron chi connectivity index (χ0n) is 9.38. The van der Waals surface area contributed by atoms with E-state index in [4.69, 9.17) is 6.57 Å². The molecule has 84 valence electrons. The van der Waals surface area contributed by atoms with Crippen molar-refractivity contribution < 1.29 is 4.39 Å². The molecule has 1 saturated carbocycles. The molecule has 0 radical (unpaired) electrons. The molecule has 0 aromatic heterocycles. The Morgan fingerprint density at radius 1 is 1.40 bits per heavy atom. The maximum absolute atomic E-state index is 12.7. The molecule has 0 unspecified atom stereocenters. The first kappa shape index (κ1) is 10.9. The van der Waals surface area contributed by atoms with E-state index in [2.05, 4.69) is 16.7 Å². The Kier molecular flexibility index (Phi) is 2.97. The first-order chi connectivity index (χ1) is 7.13. The van der Waals surface area contributed by atoms with Gasteiger partial charge in [0.25, 0.3) is 0 Å². The highest BCUT2D eigenvalue weighted by Gasteiger charge is 2.39. The Bertz CT molecular complexity index is 257. The molecule has 3 heteroatoms. The Morgan fingerprint density at radius 2 is 2.00 bits per heavy atom. The van der Waals surface area contributed by atoms with Gasteiger partial charge in [-0.25, -0.2) is 11.0 Å². The Hall–Kier alpha value is -0.620. The highest BCUT2D eigenvalue weighted by molar-refractivity contribution is 4.93. The van der Waals surface area contributed by atoms with E-state index in [0.29, 0.717) is 25.7 Å².